The second kappa shape index (κ2) is 16.6. The van der Waals surface area contributed by atoms with Crippen LogP contribution in [0.4, 0.5) is 4.39 Å². The van der Waals surface area contributed by atoms with Crippen molar-refractivity contribution in [1.29, 1.82) is 0 Å². The Morgan fingerprint density at radius 2 is 1.40 bits per heavy atom. The lowest BCUT2D eigenvalue weighted by Crippen LogP contribution is -2.37. The third-order valence-electron chi connectivity index (χ3n) is 8.81. The number of rotatable bonds is 15. The number of benzene rings is 3. The molecule has 0 spiro atoms. The maximum absolute atomic E-state index is 13.3. The lowest BCUT2D eigenvalue weighted by Gasteiger charge is -2.34. The molecule has 3 aromatic rings. The molecule has 0 aromatic heterocycles. The van der Waals surface area contributed by atoms with Crippen LogP contribution < -0.4 is 0 Å². The summed E-state index contributed by atoms with van der Waals surface area (Å²) in [5, 5.41) is 0. The molecule has 0 aliphatic carbocycles. The molecule has 3 rings (SSSR count). The molecule has 2 nitrogen and oxygen atoms in total. The van der Waals surface area contributed by atoms with Crippen LogP contribution in [0.5, 0.6) is 0 Å². The highest BCUT2D eigenvalue weighted by Crippen LogP contribution is 2.30. The van der Waals surface area contributed by atoms with Crippen LogP contribution >= 0.6 is 0 Å². The molecule has 0 aliphatic heterocycles. The number of hydrogen-bond acceptors (Lipinski definition) is 2. The van der Waals surface area contributed by atoms with Crippen molar-refractivity contribution in [2.45, 2.75) is 105 Å². The smallest absolute Gasteiger partial charge is 0.135 e. The van der Waals surface area contributed by atoms with E-state index in [-0.39, 0.29) is 16.6 Å². The lowest BCUT2D eigenvalue weighted by molar-refractivity contribution is -0.124. The number of aryl methyl sites for hydroxylation is 2. The molecule has 43 heavy (non-hydrogen) atoms. The van der Waals surface area contributed by atoms with Gasteiger partial charge in [-0.25, -0.2) is 4.39 Å². The molecule has 0 amide bonds. The maximum Gasteiger partial charge on any atom is 0.135 e. The van der Waals surface area contributed by atoms with E-state index < -0.39 is 6.17 Å². The van der Waals surface area contributed by atoms with Crippen molar-refractivity contribution in [3.05, 3.63) is 106 Å². The number of halogens is 1. The molecule has 2 unspecified atom stereocenters. The maximum atomic E-state index is 13.3. The molecule has 0 radical (unpaired) electrons. The molecular weight excluding hydrogens is 529 g/mol. The summed E-state index contributed by atoms with van der Waals surface area (Å²) >= 11 is 0. The first-order valence-corrected chi connectivity index (χ1v) is 15.7. The number of nitrogens with zero attached hydrogens (tertiary/aromatic N) is 1. The van der Waals surface area contributed by atoms with E-state index in [1.54, 1.807) is 13.8 Å². The minimum absolute atomic E-state index is 0.0439. The van der Waals surface area contributed by atoms with E-state index in [4.69, 9.17) is 0 Å². The fraction of sp³-hybridized carbons (Fsp3) is 0.475. The number of carbonyl (C=O) groups excluding carboxylic acids is 1. The summed E-state index contributed by atoms with van der Waals surface area (Å²) in [6.07, 6.45) is 10.4. The predicted octanol–water partition coefficient (Wildman–Crippen LogP) is 9.67. The van der Waals surface area contributed by atoms with Gasteiger partial charge in [0.1, 0.15) is 5.78 Å². The highest BCUT2D eigenvalue weighted by atomic mass is 19.1. The molecule has 3 heteroatoms. The Kier molecular flexibility index (Phi) is 13.9. The van der Waals surface area contributed by atoms with Crippen LogP contribution in [0, 0.1) is 25.2 Å². The van der Waals surface area contributed by atoms with E-state index in [0.717, 1.165) is 38.9 Å². The van der Waals surface area contributed by atoms with E-state index in [1.165, 1.54) is 33.4 Å². The Balaban J connectivity index is 0.00000316. The van der Waals surface area contributed by atoms with E-state index in [0.29, 0.717) is 12.3 Å². The summed E-state index contributed by atoms with van der Waals surface area (Å²) < 4.78 is 13.3. The SMILES string of the molecule is C#C.CC(=O)C(C)(C)Cc1ccc(C(C)(C)CN(CCC(C)c2ccccc2C)Cc2ccc(CCC(C)F)cc2)cc1. The molecular formula is C40H54FNO. The standard InChI is InChI=1S/C38H52FNO.C2H2/c1-28-11-9-10-12-36(28)29(2)23-24-40(26-34-17-15-32(16-18-34)14-13-30(3)39)27-38(7,8)35-21-19-33(20-22-35)25-37(5,6)31(4)41;1-2/h9-12,15-22,29-30H,13-14,23-27H2,1-8H3;1-2H. The third kappa shape index (κ3) is 11.4. The van der Waals surface area contributed by atoms with Crippen LogP contribution in [0.1, 0.15) is 101 Å². The number of alkyl halides is 1. The van der Waals surface area contributed by atoms with Gasteiger partial charge in [0.15, 0.2) is 0 Å². The van der Waals surface area contributed by atoms with Crippen molar-refractivity contribution < 1.29 is 9.18 Å². The summed E-state index contributed by atoms with van der Waals surface area (Å²) in [4.78, 5) is 14.6. The predicted molar refractivity (Wildman–Crippen MR) is 182 cm³/mol. The zero-order chi connectivity index (χ0) is 32.2. The minimum atomic E-state index is -0.766. The second-order valence-corrected chi connectivity index (χ2v) is 13.6. The van der Waals surface area contributed by atoms with Gasteiger partial charge in [0.25, 0.3) is 0 Å². The van der Waals surface area contributed by atoms with Gasteiger partial charge in [-0.1, -0.05) is 107 Å². The fourth-order valence-corrected chi connectivity index (χ4v) is 5.68. The summed E-state index contributed by atoms with van der Waals surface area (Å²) in [6.45, 7) is 19.4. The topological polar surface area (TPSA) is 20.3 Å². The zero-order valence-electron chi connectivity index (χ0n) is 27.9. The number of ketones is 1. The van der Waals surface area contributed by atoms with E-state index >= 15 is 0 Å². The number of Topliss-reactive ketones (excluding diaryl/α,β-unsaturated/α-hetero) is 1. The lowest BCUT2D eigenvalue weighted by atomic mass is 9.80. The van der Waals surface area contributed by atoms with Crippen molar-refractivity contribution in [2.24, 2.45) is 5.41 Å². The van der Waals surface area contributed by atoms with Gasteiger partial charge >= 0.3 is 0 Å². The molecule has 0 heterocycles. The van der Waals surface area contributed by atoms with Gasteiger partial charge in [-0.2, -0.15) is 0 Å². The number of hydrogen-bond donors (Lipinski definition) is 0. The molecule has 2 atom stereocenters. The summed E-state index contributed by atoms with van der Waals surface area (Å²) in [5.74, 6) is 0.707. The summed E-state index contributed by atoms with van der Waals surface area (Å²) in [6, 6.07) is 26.4. The summed E-state index contributed by atoms with van der Waals surface area (Å²) in [5.41, 5.74) is 7.42. The van der Waals surface area contributed by atoms with E-state index in [2.05, 4.69) is 118 Å². The largest absolute Gasteiger partial charge is 0.299 e. The van der Waals surface area contributed by atoms with Crippen molar-refractivity contribution in [3.8, 4) is 12.8 Å². The van der Waals surface area contributed by atoms with Crippen molar-refractivity contribution >= 4 is 5.78 Å². The van der Waals surface area contributed by atoms with E-state index in [9.17, 15) is 9.18 Å². The van der Waals surface area contributed by atoms with Gasteiger partial charge in [0.2, 0.25) is 0 Å². The number of terminal acetylenes is 1. The highest BCUT2D eigenvalue weighted by molar-refractivity contribution is 5.81. The average molecular weight is 584 g/mol. The molecule has 0 saturated heterocycles. The van der Waals surface area contributed by atoms with Gasteiger partial charge in [-0.15, -0.1) is 12.8 Å². The molecule has 0 saturated carbocycles. The van der Waals surface area contributed by atoms with Gasteiger partial charge in [-0.05, 0) is 92.3 Å². The van der Waals surface area contributed by atoms with Gasteiger partial charge < -0.3 is 0 Å². The van der Waals surface area contributed by atoms with E-state index in [1.807, 2.05) is 13.8 Å². The van der Waals surface area contributed by atoms with Crippen LogP contribution in [-0.4, -0.2) is 29.9 Å². The Morgan fingerprint density at radius 1 is 0.837 bits per heavy atom. The van der Waals surface area contributed by atoms with Crippen molar-refractivity contribution in [3.63, 3.8) is 0 Å². The Labute approximate surface area is 262 Å². The van der Waals surface area contributed by atoms with Gasteiger partial charge in [-0.3, -0.25) is 9.69 Å². The molecule has 0 fully saturated rings. The Morgan fingerprint density at radius 3 is 1.95 bits per heavy atom. The zero-order valence-corrected chi connectivity index (χ0v) is 27.9. The molecule has 3 aromatic carbocycles. The minimum Gasteiger partial charge on any atom is -0.299 e. The average Bonchev–Trinajstić information content (AvgIpc) is 2.96. The van der Waals surface area contributed by atoms with Crippen molar-refractivity contribution in [1.82, 2.24) is 4.90 Å². The monoisotopic (exact) mass is 583 g/mol. The first kappa shape index (κ1) is 36.0. The Bertz CT molecular complexity index is 1280. The fourth-order valence-electron chi connectivity index (χ4n) is 5.68. The van der Waals surface area contributed by atoms with Gasteiger partial charge in [0, 0.05) is 23.9 Å². The summed E-state index contributed by atoms with van der Waals surface area (Å²) in [7, 11) is 0. The Hall–Kier alpha value is -3.22. The quantitative estimate of drug-likeness (QED) is 0.166. The first-order valence-electron chi connectivity index (χ1n) is 15.7. The van der Waals surface area contributed by atoms with Crippen LogP contribution in [0.3, 0.4) is 0 Å². The molecule has 0 aliphatic rings. The molecule has 0 N–H and O–H groups in total. The molecule has 0 bridgehead atoms. The van der Waals surface area contributed by atoms with Crippen LogP contribution in [0.15, 0.2) is 72.8 Å². The van der Waals surface area contributed by atoms with Crippen molar-refractivity contribution in [2.75, 3.05) is 13.1 Å². The van der Waals surface area contributed by atoms with Gasteiger partial charge in [0.05, 0.1) is 6.17 Å². The number of carbonyl (C=O) groups is 1. The molecule has 232 valence electrons. The third-order valence-corrected chi connectivity index (χ3v) is 8.81. The van der Waals surface area contributed by atoms with Crippen LogP contribution in [-0.2, 0) is 29.6 Å². The van der Waals surface area contributed by atoms with Crippen LogP contribution in [0.25, 0.3) is 0 Å². The normalized spacial score (nSPS) is 13.2. The van der Waals surface area contributed by atoms with Crippen LogP contribution in [0.2, 0.25) is 0 Å². The first-order chi connectivity index (χ1) is 20.3. The highest BCUT2D eigenvalue weighted by Gasteiger charge is 2.27. The second-order valence-electron chi connectivity index (χ2n) is 13.6.